The number of aromatic nitrogens is 2. The number of carbonyl (C=O) groups is 1. The van der Waals surface area contributed by atoms with Crippen LogP contribution < -0.4 is 21.3 Å². The fourth-order valence-corrected chi connectivity index (χ4v) is 2.83. The average Bonchev–Trinajstić information content (AvgIpc) is 3.01. The molecule has 1 saturated heterocycles. The highest BCUT2D eigenvalue weighted by Gasteiger charge is 2.35. The molecule has 1 fully saturated rings. The topological polar surface area (TPSA) is 123 Å². The van der Waals surface area contributed by atoms with E-state index in [9.17, 15) is 19.5 Å². The Balaban J connectivity index is 1.54. The number of aliphatic hydroxyl groups is 1. The number of H-pyrrole nitrogens is 1. The molecule has 1 amide bonds. The fourth-order valence-electron chi connectivity index (χ4n) is 2.83. The zero-order chi connectivity index (χ0) is 19.4. The van der Waals surface area contributed by atoms with Crippen molar-refractivity contribution in [3.05, 3.63) is 63.4 Å². The Morgan fingerprint density at radius 3 is 2.81 bits per heavy atom. The first kappa shape index (κ1) is 18.9. The van der Waals surface area contributed by atoms with Gasteiger partial charge in [-0.3, -0.25) is 19.1 Å². The van der Waals surface area contributed by atoms with E-state index in [1.807, 2.05) is 18.2 Å². The van der Waals surface area contributed by atoms with Gasteiger partial charge in [0, 0.05) is 25.2 Å². The van der Waals surface area contributed by atoms with Gasteiger partial charge in [0.1, 0.15) is 18.1 Å². The van der Waals surface area contributed by atoms with Crippen molar-refractivity contribution >= 4 is 5.91 Å². The summed E-state index contributed by atoms with van der Waals surface area (Å²) >= 11 is 0. The van der Waals surface area contributed by atoms with Gasteiger partial charge in [-0.15, -0.1) is 0 Å². The van der Waals surface area contributed by atoms with E-state index in [4.69, 9.17) is 9.47 Å². The highest BCUT2D eigenvalue weighted by Crippen LogP contribution is 2.27. The van der Waals surface area contributed by atoms with Crippen LogP contribution in [0.3, 0.4) is 0 Å². The van der Waals surface area contributed by atoms with E-state index in [-0.39, 0.29) is 18.9 Å². The number of rotatable bonds is 6. The number of carbonyl (C=O) groups excluding carboxylic acids is 1. The van der Waals surface area contributed by atoms with E-state index in [1.165, 1.54) is 16.8 Å². The van der Waals surface area contributed by atoms with Gasteiger partial charge in [-0.1, -0.05) is 18.2 Å². The molecule has 9 nitrogen and oxygen atoms in total. The lowest BCUT2D eigenvalue weighted by atomic mass is 10.2. The van der Waals surface area contributed by atoms with Crippen molar-refractivity contribution in [3.8, 4) is 5.75 Å². The molecule has 1 aromatic heterocycles. The molecule has 3 rings (SSSR count). The minimum absolute atomic E-state index is 0.0666. The molecule has 144 valence electrons. The Morgan fingerprint density at radius 2 is 2.11 bits per heavy atom. The summed E-state index contributed by atoms with van der Waals surface area (Å²) in [4.78, 5) is 37.3. The van der Waals surface area contributed by atoms with E-state index < -0.39 is 35.8 Å². The Bertz CT molecular complexity index is 894. The maximum Gasteiger partial charge on any atom is 0.330 e. The van der Waals surface area contributed by atoms with Gasteiger partial charge in [-0.2, -0.15) is 0 Å². The summed E-state index contributed by atoms with van der Waals surface area (Å²) in [7, 11) is 0. The number of benzene rings is 1. The first-order chi connectivity index (χ1) is 12.9. The maximum absolute atomic E-state index is 12.2. The maximum atomic E-state index is 12.2. The summed E-state index contributed by atoms with van der Waals surface area (Å²) in [6.45, 7) is 1.69. The average molecular weight is 375 g/mol. The molecule has 2 aromatic rings. The van der Waals surface area contributed by atoms with Gasteiger partial charge in [0.2, 0.25) is 0 Å². The van der Waals surface area contributed by atoms with E-state index in [2.05, 4.69) is 10.3 Å². The van der Waals surface area contributed by atoms with Gasteiger partial charge in [-0.05, 0) is 19.1 Å². The monoisotopic (exact) mass is 375 g/mol. The van der Waals surface area contributed by atoms with E-state index >= 15 is 0 Å². The van der Waals surface area contributed by atoms with Crippen molar-refractivity contribution in [2.24, 2.45) is 0 Å². The summed E-state index contributed by atoms with van der Waals surface area (Å²) in [6, 6.07) is 10.2. The highest BCUT2D eigenvalue weighted by atomic mass is 16.5. The molecule has 0 spiro atoms. The van der Waals surface area contributed by atoms with Crippen LogP contribution in [-0.2, 0) is 9.53 Å². The minimum atomic E-state index is -0.862. The Labute approximate surface area is 154 Å². The molecule has 1 aliphatic heterocycles. The number of ether oxygens (including phenoxy) is 2. The quantitative estimate of drug-likeness (QED) is 0.641. The molecule has 0 bridgehead atoms. The van der Waals surface area contributed by atoms with Crippen LogP contribution in [0, 0.1) is 0 Å². The summed E-state index contributed by atoms with van der Waals surface area (Å²) in [5.74, 6) is 0.231. The second kappa shape index (κ2) is 8.19. The second-order valence-corrected chi connectivity index (χ2v) is 6.27. The molecule has 2 heterocycles. The summed E-state index contributed by atoms with van der Waals surface area (Å²) < 4.78 is 12.4. The number of hydrogen-bond donors (Lipinski definition) is 3. The van der Waals surface area contributed by atoms with Crippen LogP contribution in [0.1, 0.15) is 19.6 Å². The van der Waals surface area contributed by atoms with E-state index in [0.717, 1.165) is 0 Å². The predicted molar refractivity (Wildman–Crippen MR) is 95.4 cm³/mol. The fraction of sp³-hybridized carbons (Fsp3) is 0.389. The first-order valence-corrected chi connectivity index (χ1v) is 8.58. The van der Waals surface area contributed by atoms with Gasteiger partial charge >= 0.3 is 5.69 Å². The van der Waals surface area contributed by atoms with Crippen LogP contribution in [0.2, 0.25) is 0 Å². The van der Waals surface area contributed by atoms with Crippen molar-refractivity contribution in [1.82, 2.24) is 14.9 Å². The molecule has 1 aliphatic rings. The summed E-state index contributed by atoms with van der Waals surface area (Å²) in [5, 5.41) is 12.8. The number of amides is 1. The second-order valence-electron chi connectivity index (χ2n) is 6.27. The van der Waals surface area contributed by atoms with Crippen molar-refractivity contribution < 1.29 is 19.4 Å². The van der Waals surface area contributed by atoms with Crippen LogP contribution in [0.15, 0.2) is 52.2 Å². The molecule has 4 atom stereocenters. The number of aliphatic hydroxyl groups excluding tert-OH is 1. The Kier molecular flexibility index (Phi) is 5.72. The first-order valence-electron chi connectivity index (χ1n) is 8.58. The molecule has 0 saturated carbocycles. The molecule has 1 unspecified atom stereocenters. The van der Waals surface area contributed by atoms with Gasteiger partial charge in [-0.25, -0.2) is 4.79 Å². The Morgan fingerprint density at radius 1 is 1.37 bits per heavy atom. The highest BCUT2D eigenvalue weighted by molar-refractivity contribution is 5.80. The van der Waals surface area contributed by atoms with Crippen LogP contribution in [0.5, 0.6) is 5.75 Å². The largest absolute Gasteiger partial charge is 0.481 e. The minimum Gasteiger partial charge on any atom is -0.481 e. The number of nitrogens with zero attached hydrogens (tertiary/aromatic N) is 1. The van der Waals surface area contributed by atoms with Crippen molar-refractivity contribution in [2.75, 3.05) is 6.54 Å². The molecule has 27 heavy (non-hydrogen) atoms. The third kappa shape index (κ3) is 4.63. The van der Waals surface area contributed by atoms with Gasteiger partial charge in [0.25, 0.3) is 11.5 Å². The SMILES string of the molecule is CC(Oc1ccccc1)C(=O)NC[C@H]1O[C@@H](n2ccc(=O)[nH]c2=O)C[C@@H]1O. The van der Waals surface area contributed by atoms with Crippen LogP contribution in [0.25, 0.3) is 0 Å². The van der Waals surface area contributed by atoms with Crippen molar-refractivity contribution in [3.63, 3.8) is 0 Å². The van der Waals surface area contributed by atoms with Crippen molar-refractivity contribution in [1.29, 1.82) is 0 Å². The number of para-hydroxylation sites is 1. The third-order valence-corrected chi connectivity index (χ3v) is 4.27. The smallest absolute Gasteiger partial charge is 0.330 e. The van der Waals surface area contributed by atoms with Crippen LogP contribution >= 0.6 is 0 Å². The van der Waals surface area contributed by atoms with Gasteiger partial charge in [0.15, 0.2) is 6.10 Å². The molecule has 0 radical (unpaired) electrons. The lowest BCUT2D eigenvalue weighted by Crippen LogP contribution is -2.42. The van der Waals surface area contributed by atoms with E-state index in [1.54, 1.807) is 19.1 Å². The number of hydrogen-bond acceptors (Lipinski definition) is 6. The molecule has 1 aromatic carbocycles. The van der Waals surface area contributed by atoms with Crippen LogP contribution in [0.4, 0.5) is 0 Å². The van der Waals surface area contributed by atoms with Crippen LogP contribution in [-0.4, -0.2) is 45.4 Å². The third-order valence-electron chi connectivity index (χ3n) is 4.27. The lowest BCUT2D eigenvalue weighted by Gasteiger charge is -2.19. The summed E-state index contributed by atoms with van der Waals surface area (Å²) in [5.41, 5.74) is -1.12. The molecular formula is C18H21N3O6. The summed E-state index contributed by atoms with van der Waals surface area (Å²) in [6.07, 6.45) is -1.49. The standard InChI is InChI=1S/C18H21N3O6/c1-11(26-12-5-3-2-4-6-12)17(24)19-10-14-13(22)9-16(27-14)21-8-7-15(23)20-18(21)25/h2-8,11,13-14,16,22H,9-10H2,1H3,(H,19,24)(H,20,23,25)/t11?,13-,14+,16+/m0/s1. The molecule has 3 N–H and O–H groups in total. The zero-order valence-corrected chi connectivity index (χ0v) is 14.7. The number of nitrogens with one attached hydrogen (secondary N) is 2. The van der Waals surface area contributed by atoms with Crippen molar-refractivity contribution in [2.45, 2.75) is 37.9 Å². The van der Waals surface area contributed by atoms with Gasteiger partial charge in [0.05, 0.1) is 6.10 Å². The Hall–Kier alpha value is -2.91. The molecule has 0 aliphatic carbocycles. The normalized spacial score (nSPS) is 23.0. The zero-order valence-electron chi connectivity index (χ0n) is 14.7. The molecule has 9 heteroatoms. The van der Waals surface area contributed by atoms with Gasteiger partial charge < -0.3 is 19.9 Å². The number of aromatic amines is 1. The lowest BCUT2D eigenvalue weighted by molar-refractivity contribution is -0.128. The molecular weight excluding hydrogens is 354 g/mol. The van der Waals surface area contributed by atoms with E-state index in [0.29, 0.717) is 5.75 Å². The predicted octanol–water partition coefficient (Wildman–Crippen LogP) is -0.231.